The zero-order valence-electron chi connectivity index (χ0n) is 7.83. The molecule has 0 aliphatic rings. The molecule has 0 aromatic carbocycles. The number of hydrogen-bond donors (Lipinski definition) is 1. The van der Waals surface area contributed by atoms with Crippen LogP contribution in [0, 0.1) is 0 Å². The average molecular weight is 211 g/mol. The van der Waals surface area contributed by atoms with E-state index in [1.54, 1.807) is 6.07 Å². The normalized spacial score (nSPS) is 10.4. The van der Waals surface area contributed by atoms with Gasteiger partial charge >= 0.3 is 0 Å². The van der Waals surface area contributed by atoms with Gasteiger partial charge in [0.05, 0.1) is 5.69 Å². The van der Waals surface area contributed by atoms with Crippen molar-refractivity contribution in [3.8, 4) is 0 Å². The van der Waals surface area contributed by atoms with Crippen molar-refractivity contribution in [1.82, 2.24) is 10.3 Å². The second-order valence-corrected chi connectivity index (χ2v) is 3.11. The van der Waals surface area contributed by atoms with Gasteiger partial charge in [0.2, 0.25) is 5.91 Å². The van der Waals surface area contributed by atoms with Gasteiger partial charge in [0.15, 0.2) is 0 Å². The number of halogens is 1. The van der Waals surface area contributed by atoms with Crippen LogP contribution in [0.2, 0.25) is 5.15 Å². The van der Waals surface area contributed by atoms with E-state index in [2.05, 4.69) is 10.3 Å². The number of hydrogen-bond acceptors (Lipinski definition) is 2. The molecule has 3 nitrogen and oxygen atoms in total. The molecule has 0 spiro atoms. The number of nitrogens with one attached hydrogen (secondary N) is 1. The number of carbonyl (C=O) groups is 1. The maximum atomic E-state index is 10.5. The topological polar surface area (TPSA) is 42.0 Å². The average Bonchev–Trinajstić information content (AvgIpc) is 2.12. The van der Waals surface area contributed by atoms with E-state index >= 15 is 0 Å². The molecule has 0 atom stereocenters. The van der Waals surface area contributed by atoms with E-state index in [1.165, 1.54) is 6.92 Å². The lowest BCUT2D eigenvalue weighted by Gasteiger charge is -1.95. The van der Waals surface area contributed by atoms with E-state index in [1.807, 2.05) is 24.3 Å². The first-order valence-electron chi connectivity index (χ1n) is 4.22. The quantitative estimate of drug-likeness (QED) is 0.775. The van der Waals surface area contributed by atoms with E-state index in [4.69, 9.17) is 11.6 Å². The lowest BCUT2D eigenvalue weighted by molar-refractivity contribution is -0.118. The molecule has 0 fully saturated rings. The molecule has 1 rings (SSSR count). The third kappa shape index (κ3) is 4.05. The monoisotopic (exact) mass is 210 g/mol. The van der Waals surface area contributed by atoms with E-state index in [-0.39, 0.29) is 5.91 Å². The number of carbonyl (C=O) groups excluding carboxylic acids is 1. The standard InChI is InChI=1S/C10H11ClN2O/c1-8(14)12-7-3-5-9-4-2-6-10(11)13-9/h2-6H,7H2,1H3,(H,12,14). The van der Waals surface area contributed by atoms with Crippen LogP contribution in [0.1, 0.15) is 12.6 Å². The molecule has 0 unspecified atom stereocenters. The first kappa shape index (κ1) is 10.7. The SMILES string of the molecule is CC(=O)NCC=Cc1cccc(Cl)n1. The fourth-order valence-corrected chi connectivity index (χ4v) is 1.07. The van der Waals surface area contributed by atoms with E-state index in [9.17, 15) is 4.79 Å². The predicted molar refractivity (Wildman–Crippen MR) is 57.0 cm³/mol. The summed E-state index contributed by atoms with van der Waals surface area (Å²) in [6.45, 7) is 1.98. The molecule has 0 aliphatic heterocycles. The molecule has 0 saturated carbocycles. The van der Waals surface area contributed by atoms with Gasteiger partial charge in [0, 0.05) is 13.5 Å². The molecule has 1 N–H and O–H groups in total. The Morgan fingerprint density at radius 2 is 2.43 bits per heavy atom. The van der Waals surface area contributed by atoms with Crippen LogP contribution in [-0.4, -0.2) is 17.4 Å². The Morgan fingerprint density at radius 3 is 3.07 bits per heavy atom. The summed E-state index contributed by atoms with van der Waals surface area (Å²) in [6, 6.07) is 5.39. The molecule has 0 radical (unpaired) electrons. The first-order chi connectivity index (χ1) is 6.68. The van der Waals surface area contributed by atoms with Crippen molar-refractivity contribution in [2.75, 3.05) is 6.54 Å². The summed E-state index contributed by atoms with van der Waals surface area (Å²) in [5.74, 6) is -0.0475. The Labute approximate surface area is 87.8 Å². The molecule has 1 amide bonds. The van der Waals surface area contributed by atoms with Crippen molar-refractivity contribution >= 4 is 23.6 Å². The predicted octanol–water partition coefficient (Wildman–Crippen LogP) is 1.88. The largest absolute Gasteiger partial charge is 0.353 e. The number of amides is 1. The first-order valence-corrected chi connectivity index (χ1v) is 4.60. The Balaban J connectivity index is 2.47. The summed E-state index contributed by atoms with van der Waals surface area (Å²) >= 11 is 5.69. The number of nitrogens with zero attached hydrogens (tertiary/aromatic N) is 1. The molecule has 0 bridgehead atoms. The summed E-state index contributed by atoms with van der Waals surface area (Å²) in [5.41, 5.74) is 0.780. The van der Waals surface area contributed by atoms with Crippen LogP contribution in [0.15, 0.2) is 24.3 Å². The fraction of sp³-hybridized carbons (Fsp3) is 0.200. The Kier molecular flexibility index (Phi) is 4.13. The van der Waals surface area contributed by atoms with Gasteiger partial charge in [-0.05, 0) is 18.2 Å². The fourth-order valence-electron chi connectivity index (χ4n) is 0.899. The van der Waals surface area contributed by atoms with Gasteiger partial charge in [-0.2, -0.15) is 0 Å². The molecule has 0 aliphatic carbocycles. The van der Waals surface area contributed by atoms with Crippen LogP contribution in [0.5, 0.6) is 0 Å². The number of rotatable bonds is 3. The van der Waals surface area contributed by atoms with Crippen molar-refractivity contribution in [2.24, 2.45) is 0 Å². The minimum atomic E-state index is -0.0475. The lowest BCUT2D eigenvalue weighted by Crippen LogP contribution is -2.19. The highest BCUT2D eigenvalue weighted by Gasteiger charge is 1.90. The lowest BCUT2D eigenvalue weighted by atomic mass is 10.3. The van der Waals surface area contributed by atoms with Gasteiger partial charge in [0.25, 0.3) is 0 Å². The van der Waals surface area contributed by atoms with Crippen LogP contribution in [0.3, 0.4) is 0 Å². The summed E-state index contributed by atoms with van der Waals surface area (Å²) in [5, 5.41) is 3.11. The highest BCUT2D eigenvalue weighted by molar-refractivity contribution is 6.29. The smallest absolute Gasteiger partial charge is 0.217 e. The minimum Gasteiger partial charge on any atom is -0.353 e. The van der Waals surface area contributed by atoms with Gasteiger partial charge in [-0.1, -0.05) is 23.7 Å². The third-order valence-corrected chi connectivity index (χ3v) is 1.70. The summed E-state index contributed by atoms with van der Waals surface area (Å²) < 4.78 is 0. The van der Waals surface area contributed by atoms with E-state index in [0.29, 0.717) is 11.7 Å². The van der Waals surface area contributed by atoms with Crippen LogP contribution < -0.4 is 5.32 Å². The van der Waals surface area contributed by atoms with Crippen LogP contribution in [-0.2, 0) is 4.79 Å². The van der Waals surface area contributed by atoms with Gasteiger partial charge in [0.1, 0.15) is 5.15 Å². The Morgan fingerprint density at radius 1 is 1.64 bits per heavy atom. The van der Waals surface area contributed by atoms with Crippen molar-refractivity contribution in [3.05, 3.63) is 35.1 Å². The highest BCUT2D eigenvalue weighted by Crippen LogP contribution is 2.05. The zero-order valence-corrected chi connectivity index (χ0v) is 8.58. The second kappa shape index (κ2) is 5.40. The molecule has 1 aromatic heterocycles. The zero-order chi connectivity index (χ0) is 10.4. The summed E-state index contributed by atoms with van der Waals surface area (Å²) in [6.07, 6.45) is 3.63. The van der Waals surface area contributed by atoms with Gasteiger partial charge in [-0.25, -0.2) is 4.98 Å². The van der Waals surface area contributed by atoms with Gasteiger partial charge in [-0.3, -0.25) is 4.79 Å². The summed E-state index contributed by atoms with van der Waals surface area (Å²) in [4.78, 5) is 14.6. The minimum absolute atomic E-state index is 0.0475. The Bertz CT molecular complexity index is 350. The number of aromatic nitrogens is 1. The molecule has 74 valence electrons. The molecular weight excluding hydrogens is 200 g/mol. The van der Waals surface area contributed by atoms with Crippen molar-refractivity contribution in [3.63, 3.8) is 0 Å². The van der Waals surface area contributed by atoms with Gasteiger partial charge in [-0.15, -0.1) is 0 Å². The van der Waals surface area contributed by atoms with Crippen molar-refractivity contribution in [2.45, 2.75) is 6.92 Å². The van der Waals surface area contributed by atoms with Crippen molar-refractivity contribution in [1.29, 1.82) is 0 Å². The maximum Gasteiger partial charge on any atom is 0.217 e. The Hall–Kier alpha value is -1.35. The highest BCUT2D eigenvalue weighted by atomic mass is 35.5. The number of pyridine rings is 1. The van der Waals surface area contributed by atoms with Crippen LogP contribution in [0.25, 0.3) is 6.08 Å². The van der Waals surface area contributed by atoms with Gasteiger partial charge < -0.3 is 5.32 Å². The van der Waals surface area contributed by atoms with E-state index < -0.39 is 0 Å². The molecule has 0 saturated heterocycles. The molecule has 4 heteroatoms. The summed E-state index contributed by atoms with van der Waals surface area (Å²) in [7, 11) is 0. The van der Waals surface area contributed by atoms with Crippen LogP contribution >= 0.6 is 11.6 Å². The van der Waals surface area contributed by atoms with E-state index in [0.717, 1.165) is 5.69 Å². The maximum absolute atomic E-state index is 10.5. The third-order valence-electron chi connectivity index (χ3n) is 1.49. The molecule has 1 heterocycles. The van der Waals surface area contributed by atoms with Crippen molar-refractivity contribution < 1.29 is 4.79 Å². The van der Waals surface area contributed by atoms with Crippen LogP contribution in [0.4, 0.5) is 0 Å². The molecule has 1 aromatic rings. The molecular formula is C10H11ClN2O. The molecule has 14 heavy (non-hydrogen) atoms. The second-order valence-electron chi connectivity index (χ2n) is 2.72.